The number of aryl methyl sites for hydroxylation is 1. The fourth-order valence-electron chi connectivity index (χ4n) is 2.62. The molecule has 100 valence electrons. The Hall–Kier alpha value is -1.46. The number of hydrogen-bond acceptors (Lipinski definition) is 5. The van der Waals surface area contributed by atoms with Crippen molar-refractivity contribution < 1.29 is 0 Å². The Bertz CT molecular complexity index is 566. The maximum atomic E-state index is 5.73. The van der Waals surface area contributed by atoms with E-state index >= 15 is 0 Å². The first-order valence-corrected chi connectivity index (χ1v) is 7.50. The molecular formula is C14H18N4S. The average Bonchev–Trinajstić information content (AvgIpc) is 3.04. The number of anilines is 2. The highest BCUT2D eigenvalue weighted by Crippen LogP contribution is 2.42. The van der Waals surface area contributed by atoms with E-state index in [0.717, 1.165) is 36.9 Å². The van der Waals surface area contributed by atoms with Crippen LogP contribution in [0.15, 0.2) is 24.3 Å². The van der Waals surface area contributed by atoms with Gasteiger partial charge in [-0.15, -0.1) is 0 Å². The van der Waals surface area contributed by atoms with E-state index in [1.165, 1.54) is 22.8 Å². The van der Waals surface area contributed by atoms with Crippen LogP contribution in [0.25, 0.3) is 0 Å². The van der Waals surface area contributed by atoms with Crippen molar-refractivity contribution in [1.82, 2.24) is 9.36 Å². The van der Waals surface area contributed by atoms with E-state index in [1.54, 1.807) is 0 Å². The molecule has 5 heteroatoms. The second kappa shape index (κ2) is 5.27. The first-order valence-electron chi connectivity index (χ1n) is 6.72. The number of nitrogens with two attached hydrogens (primary N) is 1. The quantitative estimate of drug-likeness (QED) is 0.931. The van der Waals surface area contributed by atoms with Gasteiger partial charge >= 0.3 is 0 Å². The van der Waals surface area contributed by atoms with Crippen molar-refractivity contribution in [2.75, 3.05) is 18.0 Å². The van der Waals surface area contributed by atoms with Crippen molar-refractivity contribution in [3.05, 3.63) is 35.7 Å². The van der Waals surface area contributed by atoms with Gasteiger partial charge in [0.1, 0.15) is 5.82 Å². The van der Waals surface area contributed by atoms with E-state index in [4.69, 9.17) is 5.73 Å². The fourth-order valence-corrected chi connectivity index (χ4v) is 3.40. The van der Waals surface area contributed by atoms with Gasteiger partial charge in [-0.1, -0.05) is 25.1 Å². The van der Waals surface area contributed by atoms with Gasteiger partial charge in [0.25, 0.3) is 0 Å². The normalized spacial score (nSPS) is 17.8. The lowest BCUT2D eigenvalue weighted by Crippen LogP contribution is -2.17. The third-order valence-corrected chi connectivity index (χ3v) is 4.37. The summed E-state index contributed by atoms with van der Waals surface area (Å²) >= 11 is 1.49. The van der Waals surface area contributed by atoms with Crippen molar-refractivity contribution in [2.24, 2.45) is 5.73 Å². The standard InChI is InChI=1S/C14H18N4S/c1-2-13-16-14(19-17-13)18-9-10(7-8-15)11-5-3-4-6-12(11)18/h3-6,10H,2,7-9,15H2,1H3. The minimum atomic E-state index is 0.509. The molecule has 2 heterocycles. The Morgan fingerprint density at radius 2 is 2.26 bits per heavy atom. The Balaban J connectivity index is 1.95. The first-order chi connectivity index (χ1) is 9.33. The third kappa shape index (κ3) is 2.24. The lowest BCUT2D eigenvalue weighted by molar-refractivity contribution is 0.668. The van der Waals surface area contributed by atoms with Gasteiger partial charge in [0.15, 0.2) is 0 Å². The van der Waals surface area contributed by atoms with Crippen LogP contribution in [0.3, 0.4) is 0 Å². The summed E-state index contributed by atoms with van der Waals surface area (Å²) in [4.78, 5) is 6.89. The zero-order chi connectivity index (χ0) is 13.2. The number of benzene rings is 1. The van der Waals surface area contributed by atoms with Crippen LogP contribution in [0.2, 0.25) is 0 Å². The van der Waals surface area contributed by atoms with Crippen LogP contribution in [0, 0.1) is 0 Å². The number of para-hydroxylation sites is 1. The molecule has 1 aliphatic rings. The minimum absolute atomic E-state index is 0.509. The van der Waals surface area contributed by atoms with Gasteiger partial charge < -0.3 is 10.6 Å². The molecule has 0 fully saturated rings. The van der Waals surface area contributed by atoms with Crippen LogP contribution in [-0.4, -0.2) is 22.4 Å². The van der Waals surface area contributed by atoms with Crippen LogP contribution >= 0.6 is 11.5 Å². The number of fused-ring (bicyclic) bond motifs is 1. The Morgan fingerprint density at radius 3 is 3.00 bits per heavy atom. The second-order valence-electron chi connectivity index (χ2n) is 4.79. The van der Waals surface area contributed by atoms with Crippen molar-refractivity contribution in [3.63, 3.8) is 0 Å². The van der Waals surface area contributed by atoms with Crippen LogP contribution in [0.4, 0.5) is 10.8 Å². The smallest absolute Gasteiger partial charge is 0.209 e. The molecule has 0 amide bonds. The molecule has 19 heavy (non-hydrogen) atoms. The highest BCUT2D eigenvalue weighted by atomic mass is 32.1. The molecule has 2 N–H and O–H groups in total. The molecule has 0 saturated heterocycles. The van der Waals surface area contributed by atoms with E-state index in [9.17, 15) is 0 Å². The van der Waals surface area contributed by atoms with Gasteiger partial charge in [-0.3, -0.25) is 0 Å². The molecule has 3 rings (SSSR count). The highest BCUT2D eigenvalue weighted by Gasteiger charge is 2.30. The van der Waals surface area contributed by atoms with Gasteiger partial charge in [0.05, 0.1) is 0 Å². The molecule has 0 saturated carbocycles. The van der Waals surface area contributed by atoms with Crippen LogP contribution in [0.5, 0.6) is 0 Å². The Kier molecular flexibility index (Phi) is 3.48. The molecular weight excluding hydrogens is 256 g/mol. The fraction of sp³-hybridized carbons (Fsp3) is 0.429. The summed E-state index contributed by atoms with van der Waals surface area (Å²) in [7, 11) is 0. The minimum Gasteiger partial charge on any atom is -0.330 e. The number of nitrogens with zero attached hydrogens (tertiary/aromatic N) is 3. The van der Waals surface area contributed by atoms with Crippen LogP contribution in [0.1, 0.15) is 30.7 Å². The Labute approximate surface area is 117 Å². The largest absolute Gasteiger partial charge is 0.330 e. The van der Waals surface area contributed by atoms with Crippen molar-refractivity contribution in [2.45, 2.75) is 25.7 Å². The molecule has 2 aromatic rings. The average molecular weight is 274 g/mol. The maximum absolute atomic E-state index is 5.73. The van der Waals surface area contributed by atoms with E-state index in [2.05, 4.69) is 45.4 Å². The van der Waals surface area contributed by atoms with Crippen molar-refractivity contribution >= 4 is 22.4 Å². The van der Waals surface area contributed by atoms with E-state index in [0.29, 0.717) is 5.92 Å². The van der Waals surface area contributed by atoms with Gasteiger partial charge in [-0.25, -0.2) is 4.98 Å². The summed E-state index contributed by atoms with van der Waals surface area (Å²) in [6, 6.07) is 8.55. The third-order valence-electron chi connectivity index (χ3n) is 3.59. The number of rotatable bonds is 4. The molecule has 1 unspecified atom stereocenters. The van der Waals surface area contributed by atoms with Gasteiger partial charge in [0.2, 0.25) is 5.13 Å². The molecule has 0 radical (unpaired) electrons. The van der Waals surface area contributed by atoms with Gasteiger partial charge in [-0.05, 0) is 24.6 Å². The summed E-state index contributed by atoms with van der Waals surface area (Å²) in [5.41, 5.74) is 8.39. The summed E-state index contributed by atoms with van der Waals surface area (Å²) in [6.07, 6.45) is 1.91. The predicted molar refractivity (Wildman–Crippen MR) is 79.1 cm³/mol. The molecule has 1 aromatic heterocycles. The highest BCUT2D eigenvalue weighted by molar-refractivity contribution is 7.09. The van der Waals surface area contributed by atoms with Crippen LogP contribution in [-0.2, 0) is 6.42 Å². The van der Waals surface area contributed by atoms with Crippen molar-refractivity contribution in [3.8, 4) is 0 Å². The summed E-state index contributed by atoms with van der Waals surface area (Å²) in [6.45, 7) is 3.78. The number of aromatic nitrogens is 2. The molecule has 1 atom stereocenters. The molecule has 0 spiro atoms. The van der Waals surface area contributed by atoms with Crippen molar-refractivity contribution in [1.29, 1.82) is 0 Å². The summed E-state index contributed by atoms with van der Waals surface area (Å²) < 4.78 is 4.39. The van der Waals surface area contributed by atoms with Gasteiger partial charge in [0, 0.05) is 36.1 Å². The number of hydrogen-bond donors (Lipinski definition) is 1. The van der Waals surface area contributed by atoms with E-state index in [-0.39, 0.29) is 0 Å². The van der Waals surface area contributed by atoms with Gasteiger partial charge in [-0.2, -0.15) is 4.37 Å². The maximum Gasteiger partial charge on any atom is 0.209 e. The lowest BCUT2D eigenvalue weighted by atomic mass is 9.98. The molecule has 1 aliphatic heterocycles. The second-order valence-corrected chi connectivity index (χ2v) is 5.52. The summed E-state index contributed by atoms with van der Waals surface area (Å²) in [5.74, 6) is 1.44. The Morgan fingerprint density at radius 1 is 1.42 bits per heavy atom. The summed E-state index contributed by atoms with van der Waals surface area (Å²) in [5, 5.41) is 1.00. The molecule has 0 aliphatic carbocycles. The first kappa shape index (κ1) is 12.6. The zero-order valence-electron chi connectivity index (χ0n) is 11.0. The molecule has 1 aromatic carbocycles. The van der Waals surface area contributed by atoms with Crippen LogP contribution < -0.4 is 10.6 Å². The SMILES string of the molecule is CCc1nsc(N2CC(CCN)c3ccccc32)n1. The van der Waals surface area contributed by atoms with E-state index in [1.807, 2.05) is 0 Å². The molecule has 0 bridgehead atoms. The monoisotopic (exact) mass is 274 g/mol. The lowest BCUT2D eigenvalue weighted by Gasteiger charge is -2.15. The topological polar surface area (TPSA) is 55.0 Å². The predicted octanol–water partition coefficient (Wildman–Crippen LogP) is 2.68. The van der Waals surface area contributed by atoms with E-state index < -0.39 is 0 Å². The molecule has 4 nitrogen and oxygen atoms in total. The zero-order valence-corrected chi connectivity index (χ0v) is 11.9.